The molecule has 0 unspecified atom stereocenters. The number of hydrogen-bond acceptors (Lipinski definition) is 10. The number of aromatic hydroxyl groups is 5. The number of nitro groups is 1. The molecule has 3 heterocycles. The first kappa shape index (κ1) is 26.8. The Morgan fingerprint density at radius 2 is 1.85 bits per heavy atom. The largest absolute Gasteiger partial charge is 0.508 e. The molecule has 0 radical (unpaired) electrons. The molecule has 5 rings (SSSR count). The minimum absolute atomic E-state index is 0.134. The highest BCUT2D eigenvalue weighted by atomic mass is 35.5. The number of pyridine rings is 1. The van der Waals surface area contributed by atoms with E-state index in [1.807, 2.05) is 6.07 Å². The van der Waals surface area contributed by atoms with Crippen molar-refractivity contribution in [1.29, 1.82) is 0 Å². The zero-order chi connectivity index (χ0) is 28.3. The van der Waals surface area contributed by atoms with Crippen molar-refractivity contribution in [3.8, 4) is 40.1 Å². The van der Waals surface area contributed by atoms with Gasteiger partial charge >= 0.3 is 0 Å². The average molecular weight is 558 g/mol. The summed E-state index contributed by atoms with van der Waals surface area (Å²) in [5.41, 5.74) is 0.0351. The Kier molecular flexibility index (Phi) is 7.58. The van der Waals surface area contributed by atoms with Crippen LogP contribution >= 0.6 is 11.6 Å². The fourth-order valence-corrected chi connectivity index (χ4v) is 3.82. The van der Waals surface area contributed by atoms with Gasteiger partial charge in [0.15, 0.2) is 22.3 Å². The van der Waals surface area contributed by atoms with Gasteiger partial charge in [0.05, 0.1) is 0 Å². The number of phenolic OH excluding ortho intramolecular Hbond substituents is 4. The van der Waals surface area contributed by atoms with Gasteiger partial charge in [-0.05, 0) is 29.8 Å². The molecule has 4 aromatic rings. The highest BCUT2D eigenvalue weighted by molar-refractivity contribution is 6.29. The second-order valence-corrected chi connectivity index (χ2v) is 8.54. The quantitative estimate of drug-likeness (QED) is 0.0923. The number of halogens is 1. The van der Waals surface area contributed by atoms with Crippen molar-refractivity contribution in [2.75, 3.05) is 13.1 Å². The third-order valence-electron chi connectivity index (χ3n) is 5.48. The van der Waals surface area contributed by atoms with Crippen LogP contribution in [-0.2, 0) is 6.54 Å². The Hall–Kier alpha value is -5.24. The third-order valence-corrected chi connectivity index (χ3v) is 5.70. The van der Waals surface area contributed by atoms with Crippen LogP contribution in [0.15, 0.2) is 63.0 Å². The first-order valence-corrected chi connectivity index (χ1v) is 11.5. The molecular formula is C24H20ClN5O9. The number of aromatic nitrogens is 1. The maximum atomic E-state index is 12.1. The maximum absolute atomic E-state index is 12.1. The van der Waals surface area contributed by atoms with E-state index in [1.165, 1.54) is 6.07 Å². The normalized spacial score (nSPS) is 13.7. The van der Waals surface area contributed by atoms with Gasteiger partial charge in [-0.25, -0.2) is 15.1 Å². The van der Waals surface area contributed by atoms with Crippen LogP contribution in [0.4, 0.5) is 0 Å². The van der Waals surface area contributed by atoms with Crippen molar-refractivity contribution in [3.05, 3.63) is 79.7 Å². The lowest BCUT2D eigenvalue weighted by Gasteiger charge is -2.14. The Bertz CT molecular complexity index is 1640. The molecule has 0 saturated carbocycles. The van der Waals surface area contributed by atoms with Crippen LogP contribution in [0.3, 0.4) is 0 Å². The Balaban J connectivity index is 0.000000187. The summed E-state index contributed by atoms with van der Waals surface area (Å²) in [4.78, 5) is 28.2. The summed E-state index contributed by atoms with van der Waals surface area (Å²) in [6.07, 6.45) is 1.64. The summed E-state index contributed by atoms with van der Waals surface area (Å²) in [6.45, 7) is 1.84. The van der Waals surface area contributed by atoms with Crippen LogP contribution < -0.4 is 10.7 Å². The first-order valence-electron chi connectivity index (χ1n) is 11.1. The molecule has 0 atom stereocenters. The van der Waals surface area contributed by atoms with E-state index in [9.17, 15) is 40.4 Å². The molecule has 39 heavy (non-hydrogen) atoms. The van der Waals surface area contributed by atoms with E-state index in [2.05, 4.69) is 15.4 Å². The molecule has 14 nitrogen and oxygen atoms in total. The molecule has 2 aromatic carbocycles. The topological polar surface area (TPSA) is 215 Å². The molecule has 1 aliphatic heterocycles. The Labute approximate surface area is 223 Å². The van der Waals surface area contributed by atoms with Gasteiger partial charge < -0.3 is 40.2 Å². The smallest absolute Gasteiger partial charge is 0.271 e. The minimum Gasteiger partial charge on any atom is -0.508 e. The van der Waals surface area contributed by atoms with Crippen molar-refractivity contribution >= 4 is 28.5 Å². The molecular weight excluding hydrogens is 538 g/mol. The van der Waals surface area contributed by atoms with Gasteiger partial charge in [-0.3, -0.25) is 4.79 Å². The second-order valence-electron chi connectivity index (χ2n) is 8.15. The lowest BCUT2D eigenvalue weighted by Crippen LogP contribution is -2.30. The van der Waals surface area contributed by atoms with Crippen LogP contribution in [0.5, 0.6) is 28.7 Å². The summed E-state index contributed by atoms with van der Waals surface area (Å²) in [6, 6.07) is 9.16. The number of nitrogens with zero attached hydrogens (tertiary/aromatic N) is 4. The van der Waals surface area contributed by atoms with Crippen molar-refractivity contribution in [2.24, 2.45) is 5.10 Å². The Morgan fingerprint density at radius 3 is 2.51 bits per heavy atom. The fraction of sp³-hybridized carbons (Fsp3) is 0.125. The standard InChI is InChI=1S/C15H10O7.C9H10ClN5O2/c16-7-4-10(19)12-11(5-7)22-15(14(21)13(12)20)6-1-2-8(17)9(18)3-6;10-8-2-1-7(5-12-8)6-14-4-3-11-9(14)13-15(16)17/h1-5,16-19,21H;1-2,5H,3-4,6H2,(H,11,13). The third kappa shape index (κ3) is 6.02. The van der Waals surface area contributed by atoms with E-state index in [1.54, 1.807) is 17.2 Å². The van der Waals surface area contributed by atoms with Crippen LogP contribution in [-0.4, -0.2) is 59.5 Å². The number of hydrogen-bond donors (Lipinski definition) is 6. The summed E-state index contributed by atoms with van der Waals surface area (Å²) in [5.74, 6) is -2.43. The van der Waals surface area contributed by atoms with Crippen LogP contribution in [0.25, 0.3) is 22.3 Å². The number of benzene rings is 2. The SMILES string of the molecule is O=[N+]([O-])/N=C1\NCCN1Cc1ccc(Cl)nc1.O=c1c(O)c(-c2ccc(O)c(O)c2)oc2cc(O)cc(O)c12. The molecule has 0 aliphatic carbocycles. The van der Waals surface area contributed by atoms with Gasteiger partial charge in [-0.1, -0.05) is 17.7 Å². The van der Waals surface area contributed by atoms with Crippen LogP contribution in [0, 0.1) is 10.1 Å². The van der Waals surface area contributed by atoms with E-state index >= 15 is 0 Å². The number of nitrogens with one attached hydrogen (secondary N) is 1. The number of rotatable bonds is 4. The predicted octanol–water partition coefficient (Wildman–Crippen LogP) is 2.68. The van der Waals surface area contributed by atoms with Crippen molar-refractivity contribution in [1.82, 2.24) is 15.2 Å². The molecule has 6 N–H and O–H groups in total. The number of fused-ring (bicyclic) bond motifs is 1. The monoisotopic (exact) mass is 557 g/mol. The van der Waals surface area contributed by atoms with Gasteiger partial charge in [0.1, 0.15) is 32.7 Å². The van der Waals surface area contributed by atoms with Crippen molar-refractivity contribution in [2.45, 2.75) is 6.54 Å². The van der Waals surface area contributed by atoms with Crippen LogP contribution in [0.2, 0.25) is 5.15 Å². The van der Waals surface area contributed by atoms with Crippen molar-refractivity contribution in [3.63, 3.8) is 0 Å². The number of hydrazone groups is 1. The minimum atomic E-state index is -0.888. The van der Waals surface area contributed by atoms with Crippen LogP contribution in [0.1, 0.15) is 5.56 Å². The highest BCUT2D eigenvalue weighted by Crippen LogP contribution is 2.37. The van der Waals surface area contributed by atoms with E-state index in [-0.39, 0.29) is 39.8 Å². The number of phenols is 4. The molecule has 0 spiro atoms. The zero-order valence-corrected chi connectivity index (χ0v) is 20.5. The zero-order valence-electron chi connectivity index (χ0n) is 19.8. The second kappa shape index (κ2) is 11.0. The van der Waals surface area contributed by atoms with Gasteiger partial charge in [0, 0.05) is 43.5 Å². The first-order chi connectivity index (χ1) is 18.5. The molecule has 202 valence electrons. The molecule has 1 fully saturated rings. The average Bonchev–Trinajstić information content (AvgIpc) is 3.30. The van der Waals surface area contributed by atoms with Crippen molar-refractivity contribution < 1.29 is 35.0 Å². The molecule has 0 amide bonds. The molecule has 1 aliphatic rings. The summed E-state index contributed by atoms with van der Waals surface area (Å²) in [7, 11) is 0. The van der Waals surface area contributed by atoms with E-state index in [0.717, 1.165) is 29.8 Å². The fourth-order valence-electron chi connectivity index (χ4n) is 3.71. The van der Waals surface area contributed by atoms with Gasteiger partial charge in [-0.15, -0.1) is 0 Å². The maximum Gasteiger partial charge on any atom is 0.271 e. The van der Waals surface area contributed by atoms with Gasteiger partial charge in [0.2, 0.25) is 11.2 Å². The summed E-state index contributed by atoms with van der Waals surface area (Å²) in [5, 5.41) is 63.8. The van der Waals surface area contributed by atoms with E-state index < -0.39 is 27.7 Å². The van der Waals surface area contributed by atoms with Gasteiger partial charge in [-0.2, -0.15) is 0 Å². The molecule has 1 saturated heterocycles. The number of guanidine groups is 1. The van der Waals surface area contributed by atoms with Gasteiger partial charge in [0.25, 0.3) is 5.96 Å². The lowest BCUT2D eigenvalue weighted by molar-refractivity contribution is -0.485. The lowest BCUT2D eigenvalue weighted by atomic mass is 10.1. The van der Waals surface area contributed by atoms with E-state index in [4.69, 9.17) is 16.0 Å². The van der Waals surface area contributed by atoms with E-state index in [0.29, 0.717) is 24.8 Å². The molecule has 2 aromatic heterocycles. The predicted molar refractivity (Wildman–Crippen MR) is 138 cm³/mol. The molecule has 15 heteroatoms. The summed E-state index contributed by atoms with van der Waals surface area (Å²) < 4.78 is 5.35. The molecule has 0 bridgehead atoms. The summed E-state index contributed by atoms with van der Waals surface area (Å²) >= 11 is 5.68. The Morgan fingerprint density at radius 1 is 1.08 bits per heavy atom. The highest BCUT2D eigenvalue weighted by Gasteiger charge is 2.22.